The molecule has 1 amide bonds. The first kappa shape index (κ1) is 25.7. The summed E-state index contributed by atoms with van der Waals surface area (Å²) in [5.41, 5.74) is 1.28. The lowest BCUT2D eigenvalue weighted by molar-refractivity contribution is -0.127. The molecule has 1 heterocycles. The Labute approximate surface area is 192 Å². The Kier molecular flexibility index (Phi) is 13.7. The molecule has 164 valence electrons. The van der Waals surface area contributed by atoms with Crippen molar-refractivity contribution in [1.82, 2.24) is 15.5 Å². The van der Waals surface area contributed by atoms with Crippen LogP contribution in [0.25, 0.3) is 0 Å². The number of unbranched alkanes of at least 4 members (excludes halogenated alkanes) is 1. The van der Waals surface area contributed by atoms with E-state index >= 15 is 0 Å². The Balaban J connectivity index is 0.00000420. The molecule has 0 spiro atoms. The van der Waals surface area contributed by atoms with Gasteiger partial charge < -0.3 is 20.3 Å². The topological polar surface area (TPSA) is 66.0 Å². The van der Waals surface area contributed by atoms with Crippen molar-refractivity contribution < 1.29 is 9.53 Å². The monoisotopic (exact) mass is 516 g/mol. The zero-order chi connectivity index (χ0) is 20.0. The number of halogens is 1. The molecule has 6 nitrogen and oxygen atoms in total. The highest BCUT2D eigenvalue weighted by Crippen LogP contribution is 2.18. The van der Waals surface area contributed by atoms with Crippen LogP contribution in [0.1, 0.15) is 38.7 Å². The van der Waals surface area contributed by atoms with E-state index in [1.165, 1.54) is 5.56 Å². The third-order valence-electron chi connectivity index (χ3n) is 4.87. The third kappa shape index (κ3) is 10.3. The summed E-state index contributed by atoms with van der Waals surface area (Å²) < 4.78 is 5.36. The van der Waals surface area contributed by atoms with E-state index in [1.54, 1.807) is 0 Å². The van der Waals surface area contributed by atoms with Gasteiger partial charge in [0.05, 0.1) is 0 Å². The molecular formula is C22H37IN4O2. The van der Waals surface area contributed by atoms with Crippen LogP contribution in [-0.2, 0) is 16.0 Å². The lowest BCUT2D eigenvalue weighted by Crippen LogP contribution is -2.38. The van der Waals surface area contributed by atoms with E-state index in [0.717, 1.165) is 64.6 Å². The van der Waals surface area contributed by atoms with Crippen LogP contribution in [0.3, 0.4) is 0 Å². The second kappa shape index (κ2) is 15.5. The highest BCUT2D eigenvalue weighted by Gasteiger charge is 2.28. The van der Waals surface area contributed by atoms with Crippen molar-refractivity contribution in [3.05, 3.63) is 35.9 Å². The lowest BCUT2D eigenvalue weighted by Gasteiger charge is -2.16. The SMILES string of the molecule is CCNC(=NCC1CC(=O)N(CCc2ccccc2)C1)NCCCCOCC.I. The number of aliphatic imine (C=N–C) groups is 1. The molecular weight excluding hydrogens is 479 g/mol. The van der Waals surface area contributed by atoms with E-state index in [0.29, 0.717) is 18.9 Å². The fraction of sp³-hybridized carbons (Fsp3) is 0.636. The summed E-state index contributed by atoms with van der Waals surface area (Å²) in [7, 11) is 0. The van der Waals surface area contributed by atoms with Gasteiger partial charge in [0.2, 0.25) is 5.91 Å². The van der Waals surface area contributed by atoms with Crippen LogP contribution >= 0.6 is 24.0 Å². The van der Waals surface area contributed by atoms with E-state index in [1.807, 2.05) is 30.0 Å². The van der Waals surface area contributed by atoms with Gasteiger partial charge in [-0.05, 0) is 38.7 Å². The molecule has 1 fully saturated rings. The van der Waals surface area contributed by atoms with E-state index in [-0.39, 0.29) is 29.9 Å². The number of ether oxygens (including phenoxy) is 1. The number of nitrogens with zero attached hydrogens (tertiary/aromatic N) is 2. The van der Waals surface area contributed by atoms with E-state index in [4.69, 9.17) is 9.73 Å². The van der Waals surface area contributed by atoms with E-state index in [9.17, 15) is 4.79 Å². The maximum absolute atomic E-state index is 12.3. The molecule has 1 aliphatic heterocycles. The van der Waals surface area contributed by atoms with Crippen molar-refractivity contribution in [2.24, 2.45) is 10.9 Å². The highest BCUT2D eigenvalue weighted by atomic mass is 127. The average Bonchev–Trinajstić information content (AvgIpc) is 3.07. The van der Waals surface area contributed by atoms with Crippen LogP contribution in [-0.4, -0.2) is 62.7 Å². The summed E-state index contributed by atoms with van der Waals surface area (Å²) >= 11 is 0. The maximum atomic E-state index is 12.3. The Bertz CT molecular complexity index is 598. The number of hydrogen-bond acceptors (Lipinski definition) is 3. The first-order chi connectivity index (χ1) is 13.7. The molecule has 0 aliphatic carbocycles. The van der Waals surface area contributed by atoms with Crippen molar-refractivity contribution in [3.8, 4) is 0 Å². The molecule has 7 heteroatoms. The van der Waals surface area contributed by atoms with Crippen LogP contribution in [0.2, 0.25) is 0 Å². The zero-order valence-electron chi connectivity index (χ0n) is 17.9. The number of nitrogens with one attached hydrogen (secondary N) is 2. The molecule has 1 atom stereocenters. The Hall–Kier alpha value is -1.35. The quantitative estimate of drug-likeness (QED) is 0.194. The Morgan fingerprint density at radius 1 is 1.21 bits per heavy atom. The molecule has 29 heavy (non-hydrogen) atoms. The fourth-order valence-corrected chi connectivity index (χ4v) is 3.34. The second-order valence-corrected chi connectivity index (χ2v) is 7.20. The molecule has 0 radical (unpaired) electrons. The summed E-state index contributed by atoms with van der Waals surface area (Å²) in [6.07, 6.45) is 3.62. The van der Waals surface area contributed by atoms with E-state index in [2.05, 4.69) is 29.7 Å². The van der Waals surface area contributed by atoms with Crippen molar-refractivity contribution in [1.29, 1.82) is 0 Å². The van der Waals surface area contributed by atoms with Gasteiger partial charge in [0.1, 0.15) is 0 Å². The lowest BCUT2D eigenvalue weighted by atomic mass is 10.1. The number of carbonyl (C=O) groups excluding carboxylic acids is 1. The summed E-state index contributed by atoms with van der Waals surface area (Å²) in [5.74, 6) is 1.40. The first-order valence-corrected chi connectivity index (χ1v) is 10.6. The van der Waals surface area contributed by atoms with Gasteiger partial charge in [-0.15, -0.1) is 24.0 Å². The molecule has 1 aromatic rings. The standard InChI is InChI=1S/C22H36N4O2.HI/c1-3-23-22(24-13-8-9-15-28-4-2)25-17-20-16-21(27)26(18-20)14-12-19-10-6-5-7-11-19;/h5-7,10-11,20H,3-4,8-9,12-18H2,1-2H3,(H2,23,24,25);1H. The fourth-order valence-electron chi connectivity index (χ4n) is 3.34. The van der Waals surface area contributed by atoms with Gasteiger partial charge in [-0.25, -0.2) is 0 Å². The van der Waals surface area contributed by atoms with Gasteiger partial charge in [0.15, 0.2) is 5.96 Å². The molecule has 0 saturated carbocycles. The third-order valence-corrected chi connectivity index (χ3v) is 4.87. The predicted molar refractivity (Wildman–Crippen MR) is 130 cm³/mol. The van der Waals surface area contributed by atoms with Gasteiger partial charge >= 0.3 is 0 Å². The van der Waals surface area contributed by atoms with Crippen LogP contribution < -0.4 is 10.6 Å². The predicted octanol–water partition coefficient (Wildman–Crippen LogP) is 3.07. The number of amides is 1. The molecule has 1 aromatic carbocycles. The molecule has 1 unspecified atom stereocenters. The van der Waals surface area contributed by atoms with E-state index < -0.39 is 0 Å². The minimum absolute atomic E-state index is 0. The van der Waals surface area contributed by atoms with Crippen LogP contribution in [0.5, 0.6) is 0 Å². The summed E-state index contributed by atoms with van der Waals surface area (Å²) in [5, 5.41) is 6.66. The average molecular weight is 516 g/mol. The minimum atomic E-state index is 0. The smallest absolute Gasteiger partial charge is 0.223 e. The molecule has 1 aliphatic rings. The Morgan fingerprint density at radius 2 is 2.00 bits per heavy atom. The maximum Gasteiger partial charge on any atom is 0.223 e. The number of likely N-dealkylation sites (tertiary alicyclic amines) is 1. The number of hydrogen-bond donors (Lipinski definition) is 2. The van der Waals surface area contributed by atoms with Gasteiger partial charge in [-0.1, -0.05) is 30.3 Å². The number of rotatable bonds is 12. The van der Waals surface area contributed by atoms with Gasteiger partial charge in [0.25, 0.3) is 0 Å². The first-order valence-electron chi connectivity index (χ1n) is 10.6. The van der Waals surface area contributed by atoms with Crippen LogP contribution in [0, 0.1) is 5.92 Å². The van der Waals surface area contributed by atoms with Crippen molar-refractivity contribution in [3.63, 3.8) is 0 Å². The Morgan fingerprint density at radius 3 is 2.72 bits per heavy atom. The van der Waals surface area contributed by atoms with Crippen molar-refractivity contribution >= 4 is 35.8 Å². The highest BCUT2D eigenvalue weighted by molar-refractivity contribution is 14.0. The zero-order valence-corrected chi connectivity index (χ0v) is 20.2. The molecule has 0 aromatic heterocycles. The molecule has 0 bridgehead atoms. The number of benzene rings is 1. The van der Waals surface area contributed by atoms with Crippen molar-refractivity contribution in [2.75, 3.05) is 45.9 Å². The largest absolute Gasteiger partial charge is 0.382 e. The van der Waals surface area contributed by atoms with Gasteiger partial charge in [-0.2, -0.15) is 0 Å². The summed E-state index contributed by atoms with van der Waals surface area (Å²) in [6, 6.07) is 10.3. The molecule has 1 saturated heterocycles. The number of carbonyl (C=O) groups is 1. The van der Waals surface area contributed by atoms with Gasteiger partial charge in [0, 0.05) is 58.3 Å². The molecule has 2 rings (SSSR count). The summed E-state index contributed by atoms with van der Waals surface area (Å²) in [4.78, 5) is 19.0. The minimum Gasteiger partial charge on any atom is -0.382 e. The van der Waals surface area contributed by atoms with Crippen LogP contribution in [0.15, 0.2) is 35.3 Å². The second-order valence-electron chi connectivity index (χ2n) is 7.20. The normalized spacial score (nSPS) is 16.6. The summed E-state index contributed by atoms with van der Waals surface area (Å²) in [6.45, 7) is 9.67. The van der Waals surface area contributed by atoms with Crippen LogP contribution in [0.4, 0.5) is 0 Å². The number of guanidine groups is 1. The molecule has 2 N–H and O–H groups in total. The van der Waals surface area contributed by atoms with Crippen molar-refractivity contribution in [2.45, 2.75) is 39.5 Å². The van der Waals surface area contributed by atoms with Gasteiger partial charge in [-0.3, -0.25) is 9.79 Å².